The van der Waals surface area contributed by atoms with E-state index in [1.807, 2.05) is 42.5 Å². The smallest absolute Gasteiger partial charge is 0.227 e. The number of hydrogen-bond acceptors (Lipinski definition) is 6. The summed E-state index contributed by atoms with van der Waals surface area (Å²) in [7, 11) is 0. The van der Waals surface area contributed by atoms with Gasteiger partial charge in [-0.3, -0.25) is 9.59 Å². The quantitative estimate of drug-likeness (QED) is 0.382. The van der Waals surface area contributed by atoms with Gasteiger partial charge in [-0.1, -0.05) is 79.7 Å². The van der Waals surface area contributed by atoms with Gasteiger partial charge in [0.25, 0.3) is 0 Å². The Labute approximate surface area is 201 Å². The van der Waals surface area contributed by atoms with Crippen LogP contribution in [0.5, 0.6) is 0 Å². The van der Waals surface area contributed by atoms with E-state index >= 15 is 0 Å². The first-order valence-electron chi connectivity index (χ1n) is 10.8. The lowest BCUT2D eigenvalue weighted by Gasteiger charge is -2.38. The molecule has 0 spiro atoms. The molecule has 1 aliphatic carbocycles. The second kappa shape index (κ2) is 8.47. The Morgan fingerprint density at radius 1 is 1.15 bits per heavy atom. The zero-order chi connectivity index (χ0) is 23.2. The molecule has 0 bridgehead atoms. The highest BCUT2D eigenvalue weighted by molar-refractivity contribution is 7.99. The van der Waals surface area contributed by atoms with E-state index in [9.17, 15) is 9.59 Å². The number of halogens is 1. The van der Waals surface area contributed by atoms with Crippen LogP contribution in [0.25, 0.3) is 0 Å². The van der Waals surface area contributed by atoms with E-state index in [2.05, 4.69) is 24.1 Å². The molecule has 3 aromatic rings. The van der Waals surface area contributed by atoms with Gasteiger partial charge in [-0.15, -0.1) is 5.10 Å². The number of anilines is 1. The van der Waals surface area contributed by atoms with Gasteiger partial charge in [0.2, 0.25) is 11.1 Å². The van der Waals surface area contributed by atoms with Gasteiger partial charge < -0.3 is 5.32 Å². The fourth-order valence-corrected chi connectivity index (χ4v) is 5.29. The highest BCUT2D eigenvalue weighted by Gasteiger charge is 2.41. The van der Waals surface area contributed by atoms with Crippen LogP contribution in [-0.4, -0.2) is 32.1 Å². The molecular weight excluding hydrogens is 456 g/mol. The average molecular weight is 479 g/mol. The highest BCUT2D eigenvalue weighted by Crippen LogP contribution is 2.45. The van der Waals surface area contributed by atoms with Crippen molar-refractivity contribution in [1.29, 1.82) is 0 Å². The molecule has 0 saturated carbocycles. The first-order valence-corrected chi connectivity index (χ1v) is 12.1. The Balaban J connectivity index is 1.49. The molecule has 0 unspecified atom stereocenters. The third-order valence-electron chi connectivity index (χ3n) is 5.93. The van der Waals surface area contributed by atoms with Crippen molar-refractivity contribution >= 4 is 40.9 Å². The number of benzene rings is 2. The molecular formula is C25H23ClN4O2S. The van der Waals surface area contributed by atoms with E-state index in [4.69, 9.17) is 16.7 Å². The summed E-state index contributed by atoms with van der Waals surface area (Å²) in [5.74, 6) is 0.945. The van der Waals surface area contributed by atoms with E-state index in [0.29, 0.717) is 28.1 Å². The number of allylic oxidation sites excluding steroid dienone is 2. The van der Waals surface area contributed by atoms with Crippen molar-refractivity contribution in [3.63, 3.8) is 0 Å². The molecule has 168 valence electrons. The average Bonchev–Trinajstić information content (AvgIpc) is 3.19. The van der Waals surface area contributed by atoms with Gasteiger partial charge in [-0.25, -0.2) is 4.68 Å². The van der Waals surface area contributed by atoms with Crippen LogP contribution >= 0.6 is 23.4 Å². The van der Waals surface area contributed by atoms with Gasteiger partial charge in [-0.05, 0) is 29.5 Å². The predicted octanol–water partition coefficient (Wildman–Crippen LogP) is 5.56. The summed E-state index contributed by atoms with van der Waals surface area (Å²) in [6.45, 7) is 4.20. The summed E-state index contributed by atoms with van der Waals surface area (Å²) in [5, 5.41) is 9.18. The van der Waals surface area contributed by atoms with Gasteiger partial charge in [0.1, 0.15) is 6.04 Å². The molecule has 2 aromatic carbocycles. The van der Waals surface area contributed by atoms with Crippen molar-refractivity contribution in [2.75, 3.05) is 11.1 Å². The second-order valence-electron chi connectivity index (χ2n) is 9.15. The number of carbonyl (C=O) groups excluding carboxylic acids is 2. The Hall–Kier alpha value is -2.90. The normalized spacial score (nSPS) is 19.0. The molecule has 0 fully saturated rings. The zero-order valence-electron chi connectivity index (χ0n) is 18.3. The minimum absolute atomic E-state index is 0.0185. The number of nitrogens with zero attached hydrogens (tertiary/aromatic N) is 3. The SMILES string of the molecule is CC1(C)CC(=O)C2=C(C1)Nc1nc(SCC(=O)c3ccccc3)nn1[C@@H]2c1ccc(Cl)cc1. The topological polar surface area (TPSA) is 76.9 Å². The van der Waals surface area contributed by atoms with Crippen LogP contribution in [0.2, 0.25) is 5.02 Å². The molecule has 0 amide bonds. The number of thioether (sulfide) groups is 1. The standard InChI is InChI=1S/C25H23ClN4O2S/c1-25(2)12-18-21(19(31)13-25)22(16-8-10-17(26)11-9-16)30-23(27-18)28-24(29-30)33-14-20(32)15-6-4-3-5-7-15/h3-11,22H,12-14H2,1-2H3,(H,27,28,29)/t22-/m1/s1. The number of hydrogen-bond donors (Lipinski definition) is 1. The van der Waals surface area contributed by atoms with Gasteiger partial charge in [-0.2, -0.15) is 4.98 Å². The predicted molar refractivity (Wildman–Crippen MR) is 130 cm³/mol. The fourth-order valence-electron chi connectivity index (χ4n) is 4.44. The third-order valence-corrected chi connectivity index (χ3v) is 7.02. The van der Waals surface area contributed by atoms with E-state index in [1.54, 1.807) is 16.8 Å². The molecule has 8 heteroatoms. The maximum atomic E-state index is 13.2. The number of rotatable bonds is 5. The van der Waals surface area contributed by atoms with Crippen molar-refractivity contribution < 1.29 is 9.59 Å². The molecule has 1 N–H and O–H groups in total. The second-order valence-corrected chi connectivity index (χ2v) is 10.5. The third kappa shape index (κ3) is 4.35. The van der Waals surface area contributed by atoms with Crippen molar-refractivity contribution in [3.8, 4) is 0 Å². The summed E-state index contributed by atoms with van der Waals surface area (Å²) in [4.78, 5) is 30.4. The van der Waals surface area contributed by atoms with Crippen LogP contribution in [0.4, 0.5) is 5.95 Å². The Morgan fingerprint density at radius 2 is 1.88 bits per heavy atom. The number of ketones is 2. The van der Waals surface area contributed by atoms with Crippen LogP contribution in [0, 0.1) is 5.41 Å². The van der Waals surface area contributed by atoms with Crippen LogP contribution in [0.1, 0.15) is 48.7 Å². The van der Waals surface area contributed by atoms with Gasteiger partial charge in [0.15, 0.2) is 11.6 Å². The highest BCUT2D eigenvalue weighted by atomic mass is 35.5. The van der Waals surface area contributed by atoms with Crippen LogP contribution < -0.4 is 5.32 Å². The molecule has 0 saturated heterocycles. The summed E-state index contributed by atoms with van der Waals surface area (Å²) in [6, 6.07) is 16.3. The van der Waals surface area contributed by atoms with Gasteiger partial charge in [0, 0.05) is 28.3 Å². The molecule has 1 aromatic heterocycles. The summed E-state index contributed by atoms with van der Waals surface area (Å²) in [6.07, 6.45) is 1.23. The van der Waals surface area contributed by atoms with Crippen LogP contribution in [-0.2, 0) is 4.79 Å². The molecule has 6 nitrogen and oxygen atoms in total. The van der Waals surface area contributed by atoms with Crippen molar-refractivity contribution in [2.24, 2.45) is 5.41 Å². The number of Topliss-reactive ketones (excluding diaryl/α,β-unsaturated/α-hetero) is 2. The minimum Gasteiger partial charge on any atom is -0.328 e. The summed E-state index contributed by atoms with van der Waals surface area (Å²) < 4.78 is 1.76. The van der Waals surface area contributed by atoms with Crippen molar-refractivity contribution in [2.45, 2.75) is 37.9 Å². The number of fused-ring (bicyclic) bond motifs is 1. The maximum Gasteiger partial charge on any atom is 0.227 e. The van der Waals surface area contributed by atoms with Crippen molar-refractivity contribution in [3.05, 3.63) is 82.0 Å². The van der Waals surface area contributed by atoms with Crippen molar-refractivity contribution in [1.82, 2.24) is 14.8 Å². The molecule has 2 aliphatic rings. The van der Waals surface area contributed by atoms with E-state index < -0.39 is 0 Å². The first-order chi connectivity index (χ1) is 15.8. The molecule has 1 aliphatic heterocycles. The monoisotopic (exact) mass is 478 g/mol. The van der Waals surface area contributed by atoms with Gasteiger partial charge in [0.05, 0.1) is 5.75 Å². The lowest BCUT2D eigenvalue weighted by Crippen LogP contribution is -2.36. The molecule has 1 atom stereocenters. The Morgan fingerprint density at radius 3 is 2.61 bits per heavy atom. The minimum atomic E-state index is -0.385. The van der Waals surface area contributed by atoms with E-state index in [0.717, 1.165) is 23.3 Å². The molecule has 33 heavy (non-hydrogen) atoms. The number of carbonyl (C=O) groups is 2. The largest absolute Gasteiger partial charge is 0.328 e. The number of nitrogens with one attached hydrogen (secondary N) is 1. The Kier molecular flexibility index (Phi) is 5.62. The van der Waals surface area contributed by atoms with Crippen LogP contribution in [0.15, 0.2) is 71.0 Å². The molecule has 2 heterocycles. The zero-order valence-corrected chi connectivity index (χ0v) is 19.9. The molecule has 0 radical (unpaired) electrons. The summed E-state index contributed by atoms with van der Waals surface area (Å²) >= 11 is 7.41. The summed E-state index contributed by atoms with van der Waals surface area (Å²) in [5.41, 5.74) is 3.08. The fraction of sp³-hybridized carbons (Fsp3) is 0.280. The number of aromatic nitrogens is 3. The van der Waals surface area contributed by atoms with E-state index in [-0.39, 0.29) is 28.8 Å². The first kappa shape index (κ1) is 21.9. The molecule has 5 rings (SSSR count). The van der Waals surface area contributed by atoms with Gasteiger partial charge >= 0.3 is 0 Å². The lowest BCUT2D eigenvalue weighted by atomic mass is 9.73. The van der Waals surface area contributed by atoms with Crippen LogP contribution in [0.3, 0.4) is 0 Å². The van der Waals surface area contributed by atoms with E-state index in [1.165, 1.54) is 11.8 Å². The lowest BCUT2D eigenvalue weighted by molar-refractivity contribution is -0.118. The Bertz CT molecular complexity index is 1270. The maximum absolute atomic E-state index is 13.2.